The Morgan fingerprint density at radius 1 is 1.42 bits per heavy atom. The first-order chi connectivity index (χ1) is 12.6. The molecule has 1 aliphatic rings. The molecule has 1 saturated heterocycles. The summed E-state index contributed by atoms with van der Waals surface area (Å²) in [6, 6.07) is 6.83. The Hall–Kier alpha value is -2.61. The molecule has 138 valence electrons. The van der Waals surface area contributed by atoms with Crippen molar-refractivity contribution in [3.05, 3.63) is 46.5 Å². The summed E-state index contributed by atoms with van der Waals surface area (Å²) in [6.45, 7) is 0.687. The number of ether oxygens (including phenoxy) is 1. The summed E-state index contributed by atoms with van der Waals surface area (Å²) >= 11 is 1.46. The van der Waals surface area contributed by atoms with Gasteiger partial charge in [0.15, 0.2) is 0 Å². The third-order valence-electron chi connectivity index (χ3n) is 4.31. The highest BCUT2D eigenvalue weighted by atomic mass is 32.1. The zero-order valence-electron chi connectivity index (χ0n) is 14.3. The fraction of sp³-hybridized carbons (Fsp3) is 0.389. The van der Waals surface area contributed by atoms with Crippen molar-refractivity contribution < 1.29 is 23.5 Å². The van der Waals surface area contributed by atoms with E-state index < -0.39 is 17.9 Å². The summed E-state index contributed by atoms with van der Waals surface area (Å²) < 4.78 is 9.98. The minimum atomic E-state index is -0.454. The molecule has 2 atom stereocenters. The molecule has 0 spiro atoms. The van der Waals surface area contributed by atoms with Crippen LogP contribution in [0.3, 0.4) is 0 Å². The van der Waals surface area contributed by atoms with Crippen molar-refractivity contribution >= 4 is 29.1 Å². The molecule has 2 unspecified atom stereocenters. The number of nitrogens with one attached hydrogen (secondary N) is 1. The number of hydrogen-bond donors (Lipinski definition) is 1. The summed E-state index contributed by atoms with van der Waals surface area (Å²) in [5.41, 5.74) is 0. The minimum absolute atomic E-state index is 0.0551. The summed E-state index contributed by atoms with van der Waals surface area (Å²) in [4.78, 5) is 39.0. The van der Waals surface area contributed by atoms with Crippen LogP contribution in [-0.4, -0.2) is 36.3 Å². The first kappa shape index (κ1) is 18.2. The molecule has 7 nitrogen and oxygen atoms in total. The van der Waals surface area contributed by atoms with Gasteiger partial charge >= 0.3 is 5.97 Å². The number of likely N-dealkylation sites (tertiary alicyclic amines) is 1. The number of hydrogen-bond acceptors (Lipinski definition) is 6. The van der Waals surface area contributed by atoms with Gasteiger partial charge in [0.1, 0.15) is 5.76 Å². The number of carbonyl (C=O) groups excluding carboxylic acids is 3. The van der Waals surface area contributed by atoms with Crippen molar-refractivity contribution in [2.45, 2.75) is 25.4 Å². The standard InChI is InChI=1S/C18H20N2O5S/c1-24-17(22)9-14(15-5-3-7-26-15)19-18(23)12-8-16(21)20(10-12)11-13-4-2-6-25-13/h2-7,12,14H,8-11H2,1H3,(H,19,23). The third kappa shape index (κ3) is 4.32. The van der Waals surface area contributed by atoms with E-state index >= 15 is 0 Å². The molecule has 0 bridgehead atoms. The van der Waals surface area contributed by atoms with Gasteiger partial charge in [-0.25, -0.2) is 0 Å². The van der Waals surface area contributed by atoms with Crippen LogP contribution in [0.15, 0.2) is 40.3 Å². The number of nitrogens with zero attached hydrogens (tertiary/aromatic N) is 1. The Kier molecular flexibility index (Phi) is 5.72. The molecule has 0 saturated carbocycles. The lowest BCUT2D eigenvalue weighted by atomic mass is 10.1. The molecule has 0 aromatic carbocycles. The molecule has 1 fully saturated rings. The minimum Gasteiger partial charge on any atom is -0.469 e. The maximum atomic E-state index is 12.7. The highest BCUT2D eigenvalue weighted by molar-refractivity contribution is 7.10. The molecule has 2 aromatic heterocycles. The van der Waals surface area contributed by atoms with E-state index in [9.17, 15) is 14.4 Å². The number of esters is 1. The number of furan rings is 1. The molecule has 8 heteroatoms. The zero-order chi connectivity index (χ0) is 18.5. The Morgan fingerprint density at radius 3 is 2.92 bits per heavy atom. The molecule has 2 aromatic rings. The monoisotopic (exact) mass is 376 g/mol. The molecule has 0 aliphatic carbocycles. The van der Waals surface area contributed by atoms with Crippen molar-refractivity contribution in [3.8, 4) is 0 Å². The summed E-state index contributed by atoms with van der Waals surface area (Å²) in [7, 11) is 1.32. The zero-order valence-corrected chi connectivity index (χ0v) is 15.2. The second kappa shape index (κ2) is 8.18. The van der Waals surface area contributed by atoms with E-state index in [4.69, 9.17) is 9.15 Å². The molecule has 1 N–H and O–H groups in total. The van der Waals surface area contributed by atoms with Gasteiger partial charge in [-0.1, -0.05) is 6.07 Å². The first-order valence-corrected chi connectivity index (χ1v) is 9.15. The lowest BCUT2D eigenvalue weighted by molar-refractivity contribution is -0.141. The Morgan fingerprint density at radius 2 is 2.27 bits per heavy atom. The lowest BCUT2D eigenvalue weighted by Crippen LogP contribution is -2.36. The van der Waals surface area contributed by atoms with E-state index in [0.717, 1.165) is 4.88 Å². The van der Waals surface area contributed by atoms with Crippen molar-refractivity contribution in [2.24, 2.45) is 5.92 Å². The van der Waals surface area contributed by atoms with Gasteiger partial charge in [0.05, 0.1) is 38.3 Å². The van der Waals surface area contributed by atoms with Crippen molar-refractivity contribution in [1.82, 2.24) is 10.2 Å². The van der Waals surface area contributed by atoms with Gasteiger partial charge in [-0.2, -0.15) is 0 Å². The van der Waals surface area contributed by atoms with Gasteiger partial charge in [-0.15, -0.1) is 11.3 Å². The summed E-state index contributed by atoms with van der Waals surface area (Å²) in [5, 5.41) is 4.78. The van der Waals surface area contributed by atoms with E-state index in [-0.39, 0.29) is 24.7 Å². The van der Waals surface area contributed by atoms with Crippen LogP contribution in [0.25, 0.3) is 0 Å². The number of methoxy groups -OCH3 is 1. The van der Waals surface area contributed by atoms with E-state index in [2.05, 4.69) is 5.32 Å². The third-order valence-corrected chi connectivity index (χ3v) is 5.30. The van der Waals surface area contributed by atoms with Crippen molar-refractivity contribution in [3.63, 3.8) is 0 Å². The van der Waals surface area contributed by atoms with E-state index in [0.29, 0.717) is 18.8 Å². The van der Waals surface area contributed by atoms with E-state index in [1.807, 2.05) is 17.5 Å². The Labute approximate surface area is 154 Å². The molecule has 2 amide bonds. The molecular formula is C18H20N2O5S. The van der Waals surface area contributed by atoms with Gasteiger partial charge in [-0.05, 0) is 23.6 Å². The SMILES string of the molecule is COC(=O)CC(NC(=O)C1CC(=O)N(Cc2ccco2)C1)c1cccs1. The number of rotatable bonds is 7. The van der Waals surface area contributed by atoms with Crippen molar-refractivity contribution in [1.29, 1.82) is 0 Å². The number of thiophene rings is 1. The predicted octanol–water partition coefficient (Wildman–Crippen LogP) is 2.11. The molecule has 3 heterocycles. The largest absolute Gasteiger partial charge is 0.469 e. The lowest BCUT2D eigenvalue weighted by Gasteiger charge is -2.19. The highest BCUT2D eigenvalue weighted by Gasteiger charge is 2.35. The van der Waals surface area contributed by atoms with E-state index in [1.54, 1.807) is 23.3 Å². The van der Waals surface area contributed by atoms with Gasteiger partial charge in [-0.3, -0.25) is 14.4 Å². The molecule has 3 rings (SSSR count). The van der Waals surface area contributed by atoms with Gasteiger partial charge in [0, 0.05) is 17.8 Å². The highest BCUT2D eigenvalue weighted by Crippen LogP contribution is 2.25. The smallest absolute Gasteiger partial charge is 0.307 e. The van der Waals surface area contributed by atoms with Gasteiger partial charge < -0.3 is 19.4 Å². The Bertz CT molecular complexity index is 757. The quantitative estimate of drug-likeness (QED) is 0.748. The second-order valence-electron chi connectivity index (χ2n) is 6.11. The van der Waals surface area contributed by atoms with Crippen LogP contribution in [0, 0.1) is 5.92 Å². The second-order valence-corrected chi connectivity index (χ2v) is 7.09. The average Bonchev–Trinajstić information content (AvgIpc) is 3.37. The van der Waals surface area contributed by atoms with Crippen LogP contribution in [-0.2, 0) is 25.7 Å². The topological polar surface area (TPSA) is 88.8 Å². The fourth-order valence-electron chi connectivity index (χ4n) is 2.94. The molecular weight excluding hydrogens is 356 g/mol. The fourth-order valence-corrected chi connectivity index (χ4v) is 3.72. The Balaban J connectivity index is 1.62. The van der Waals surface area contributed by atoms with Crippen LogP contribution in [0.2, 0.25) is 0 Å². The van der Waals surface area contributed by atoms with Crippen LogP contribution < -0.4 is 5.32 Å². The first-order valence-electron chi connectivity index (χ1n) is 8.27. The van der Waals surface area contributed by atoms with Gasteiger partial charge in [0.25, 0.3) is 0 Å². The van der Waals surface area contributed by atoms with Crippen LogP contribution >= 0.6 is 11.3 Å². The average molecular weight is 376 g/mol. The van der Waals surface area contributed by atoms with Gasteiger partial charge in [0.2, 0.25) is 11.8 Å². The molecule has 26 heavy (non-hydrogen) atoms. The molecule has 0 radical (unpaired) electrons. The van der Waals surface area contributed by atoms with Crippen LogP contribution in [0.4, 0.5) is 0 Å². The maximum absolute atomic E-state index is 12.7. The van der Waals surface area contributed by atoms with Crippen molar-refractivity contribution in [2.75, 3.05) is 13.7 Å². The normalized spacial score (nSPS) is 18.0. The molecule has 1 aliphatic heterocycles. The predicted molar refractivity (Wildman–Crippen MR) is 94.1 cm³/mol. The maximum Gasteiger partial charge on any atom is 0.307 e. The van der Waals surface area contributed by atoms with Crippen LogP contribution in [0.5, 0.6) is 0 Å². The summed E-state index contributed by atoms with van der Waals surface area (Å²) in [5.74, 6) is -0.477. The number of amides is 2. The van der Waals surface area contributed by atoms with Crippen LogP contribution in [0.1, 0.15) is 29.5 Å². The number of carbonyl (C=O) groups is 3. The van der Waals surface area contributed by atoms with E-state index in [1.165, 1.54) is 18.4 Å². The summed E-state index contributed by atoms with van der Waals surface area (Å²) in [6.07, 6.45) is 1.76.